The molecular formula is C19H21FN2O2. The molecular weight excluding hydrogens is 307 g/mol. The largest absolute Gasteiger partial charge is 0.493 e. The lowest BCUT2D eigenvalue weighted by atomic mass is 10.00. The first kappa shape index (κ1) is 15.2. The summed E-state index contributed by atoms with van der Waals surface area (Å²) in [5.74, 6) is 0.235. The first-order valence-electron chi connectivity index (χ1n) is 8.46. The van der Waals surface area contributed by atoms with Crippen molar-refractivity contribution in [1.29, 1.82) is 0 Å². The van der Waals surface area contributed by atoms with Crippen LogP contribution >= 0.6 is 0 Å². The second kappa shape index (κ2) is 5.65. The number of nitrogens with zero attached hydrogens (tertiary/aromatic N) is 1. The van der Waals surface area contributed by atoms with Crippen molar-refractivity contribution >= 4 is 5.91 Å². The lowest BCUT2D eigenvalue weighted by Crippen LogP contribution is -2.32. The molecule has 5 heteroatoms. The van der Waals surface area contributed by atoms with Crippen LogP contribution in [0, 0.1) is 19.7 Å². The Hall–Kier alpha value is -2.30. The van der Waals surface area contributed by atoms with Crippen LogP contribution in [0.5, 0.6) is 5.75 Å². The Morgan fingerprint density at radius 1 is 1.25 bits per heavy atom. The van der Waals surface area contributed by atoms with Crippen LogP contribution in [-0.2, 0) is 0 Å². The Morgan fingerprint density at radius 2 is 2.04 bits per heavy atom. The van der Waals surface area contributed by atoms with Gasteiger partial charge in [-0.25, -0.2) is 4.39 Å². The monoisotopic (exact) mass is 328 g/mol. The number of benzene rings is 1. The van der Waals surface area contributed by atoms with Gasteiger partial charge < -0.3 is 14.6 Å². The van der Waals surface area contributed by atoms with Gasteiger partial charge in [0.25, 0.3) is 5.91 Å². The number of nitrogens with one attached hydrogen (secondary N) is 1. The fraction of sp³-hybridized carbons (Fsp3) is 0.421. The lowest BCUT2D eigenvalue weighted by molar-refractivity contribution is 0.0924. The Kier molecular flexibility index (Phi) is 3.59. The van der Waals surface area contributed by atoms with Gasteiger partial charge in [-0.3, -0.25) is 4.79 Å². The number of hydrogen-bond acceptors (Lipinski definition) is 2. The van der Waals surface area contributed by atoms with Gasteiger partial charge in [0.15, 0.2) is 0 Å². The van der Waals surface area contributed by atoms with Crippen molar-refractivity contribution < 1.29 is 13.9 Å². The molecule has 0 bridgehead atoms. The molecule has 1 aromatic heterocycles. The average molecular weight is 328 g/mol. The van der Waals surface area contributed by atoms with Crippen LogP contribution in [0.1, 0.15) is 58.7 Å². The highest BCUT2D eigenvalue weighted by atomic mass is 19.1. The van der Waals surface area contributed by atoms with Crippen LogP contribution in [0.2, 0.25) is 0 Å². The van der Waals surface area contributed by atoms with Crippen LogP contribution < -0.4 is 10.1 Å². The summed E-state index contributed by atoms with van der Waals surface area (Å²) in [5.41, 5.74) is 3.56. The first-order chi connectivity index (χ1) is 11.5. The van der Waals surface area contributed by atoms with Crippen LogP contribution in [0.3, 0.4) is 0 Å². The van der Waals surface area contributed by atoms with Gasteiger partial charge in [0.1, 0.15) is 11.6 Å². The van der Waals surface area contributed by atoms with E-state index in [-0.39, 0.29) is 17.8 Å². The van der Waals surface area contributed by atoms with Gasteiger partial charge in [-0.2, -0.15) is 0 Å². The van der Waals surface area contributed by atoms with Gasteiger partial charge in [0, 0.05) is 29.4 Å². The highest BCUT2D eigenvalue weighted by molar-refractivity contribution is 5.96. The smallest absolute Gasteiger partial charge is 0.253 e. The van der Waals surface area contributed by atoms with Crippen molar-refractivity contribution in [2.75, 3.05) is 6.61 Å². The third-order valence-electron chi connectivity index (χ3n) is 4.96. The van der Waals surface area contributed by atoms with E-state index in [9.17, 15) is 9.18 Å². The van der Waals surface area contributed by atoms with E-state index < -0.39 is 0 Å². The second-order valence-electron chi connectivity index (χ2n) is 6.73. The Balaban J connectivity index is 1.60. The highest BCUT2D eigenvalue weighted by Crippen LogP contribution is 2.38. The molecule has 1 fully saturated rings. The van der Waals surface area contributed by atoms with Crippen LogP contribution in [0.25, 0.3) is 0 Å². The van der Waals surface area contributed by atoms with E-state index in [0.29, 0.717) is 35.9 Å². The molecule has 126 valence electrons. The van der Waals surface area contributed by atoms with E-state index in [1.807, 2.05) is 19.9 Å². The fourth-order valence-corrected chi connectivity index (χ4v) is 3.65. The number of hydrogen-bond donors (Lipinski definition) is 1. The minimum Gasteiger partial charge on any atom is -0.493 e. The van der Waals surface area contributed by atoms with E-state index in [4.69, 9.17) is 4.74 Å². The highest BCUT2D eigenvalue weighted by Gasteiger charge is 2.30. The predicted molar refractivity (Wildman–Crippen MR) is 88.9 cm³/mol. The van der Waals surface area contributed by atoms with E-state index in [1.54, 1.807) is 6.07 Å². The summed E-state index contributed by atoms with van der Waals surface area (Å²) in [6, 6.07) is 6.74. The molecule has 1 aromatic carbocycles. The molecule has 24 heavy (non-hydrogen) atoms. The van der Waals surface area contributed by atoms with Crippen LogP contribution in [-0.4, -0.2) is 17.1 Å². The molecule has 4 rings (SSSR count). The molecule has 1 unspecified atom stereocenters. The van der Waals surface area contributed by atoms with Crippen molar-refractivity contribution in [2.45, 2.75) is 45.2 Å². The summed E-state index contributed by atoms with van der Waals surface area (Å²) in [6.45, 7) is 4.56. The average Bonchev–Trinajstić information content (AvgIpc) is 3.33. The van der Waals surface area contributed by atoms with Crippen LogP contribution in [0.4, 0.5) is 4.39 Å². The number of amides is 1. The maximum atomic E-state index is 13.6. The minimum atomic E-state index is -0.314. The number of carbonyl (C=O) groups excluding carboxylic acids is 1. The Bertz CT molecular complexity index is 808. The van der Waals surface area contributed by atoms with Gasteiger partial charge in [-0.15, -0.1) is 0 Å². The predicted octanol–water partition coefficient (Wildman–Crippen LogP) is 3.83. The molecule has 0 radical (unpaired) electrons. The molecule has 1 saturated carbocycles. The zero-order valence-corrected chi connectivity index (χ0v) is 13.9. The standard InChI is InChI=1S/C19H21FN2O2/c1-11-9-15(12(2)22(11)14-4-5-14)19(23)21-17-7-8-24-18-6-3-13(20)10-16(17)18/h3,6,9-10,14,17H,4-5,7-8H2,1-2H3,(H,21,23). The number of rotatable bonds is 3. The summed E-state index contributed by atoms with van der Waals surface area (Å²) < 4.78 is 21.4. The van der Waals surface area contributed by atoms with Crippen molar-refractivity contribution in [3.8, 4) is 5.75 Å². The number of ether oxygens (including phenoxy) is 1. The van der Waals surface area contributed by atoms with Crippen molar-refractivity contribution in [3.05, 3.63) is 52.6 Å². The minimum absolute atomic E-state index is 0.0999. The molecule has 0 saturated heterocycles. The van der Waals surface area contributed by atoms with Crippen molar-refractivity contribution in [1.82, 2.24) is 9.88 Å². The third-order valence-corrected chi connectivity index (χ3v) is 4.96. The summed E-state index contributed by atoms with van der Waals surface area (Å²) in [7, 11) is 0. The quantitative estimate of drug-likeness (QED) is 0.930. The summed E-state index contributed by atoms with van der Waals surface area (Å²) >= 11 is 0. The van der Waals surface area contributed by atoms with E-state index in [2.05, 4.69) is 9.88 Å². The van der Waals surface area contributed by atoms with Gasteiger partial charge in [0.05, 0.1) is 18.2 Å². The Labute approximate surface area is 140 Å². The van der Waals surface area contributed by atoms with Crippen LogP contribution in [0.15, 0.2) is 24.3 Å². The van der Waals surface area contributed by atoms with E-state index >= 15 is 0 Å². The van der Waals surface area contributed by atoms with E-state index in [0.717, 1.165) is 11.4 Å². The number of carbonyl (C=O) groups is 1. The molecule has 1 aliphatic carbocycles. The SMILES string of the molecule is Cc1cc(C(=O)NC2CCOc3ccc(F)cc32)c(C)n1C1CC1. The summed E-state index contributed by atoms with van der Waals surface area (Å²) in [6.07, 6.45) is 3.01. The molecule has 1 amide bonds. The van der Waals surface area contributed by atoms with Crippen molar-refractivity contribution in [2.24, 2.45) is 0 Å². The molecule has 1 aliphatic heterocycles. The molecule has 2 aromatic rings. The maximum Gasteiger partial charge on any atom is 0.253 e. The van der Waals surface area contributed by atoms with Gasteiger partial charge in [0.2, 0.25) is 0 Å². The summed E-state index contributed by atoms with van der Waals surface area (Å²) in [5, 5.41) is 3.06. The molecule has 1 N–H and O–H groups in total. The summed E-state index contributed by atoms with van der Waals surface area (Å²) in [4.78, 5) is 12.8. The van der Waals surface area contributed by atoms with Gasteiger partial charge in [-0.1, -0.05) is 0 Å². The molecule has 0 spiro atoms. The Morgan fingerprint density at radius 3 is 2.79 bits per heavy atom. The molecule has 2 aliphatic rings. The lowest BCUT2D eigenvalue weighted by Gasteiger charge is -2.26. The van der Waals surface area contributed by atoms with Crippen molar-refractivity contribution in [3.63, 3.8) is 0 Å². The fourth-order valence-electron chi connectivity index (χ4n) is 3.65. The number of aromatic nitrogens is 1. The first-order valence-corrected chi connectivity index (χ1v) is 8.46. The number of fused-ring (bicyclic) bond motifs is 1. The number of aryl methyl sites for hydroxylation is 1. The van der Waals surface area contributed by atoms with Gasteiger partial charge >= 0.3 is 0 Å². The maximum absolute atomic E-state index is 13.6. The topological polar surface area (TPSA) is 43.3 Å². The molecule has 1 atom stereocenters. The van der Waals surface area contributed by atoms with E-state index in [1.165, 1.54) is 25.0 Å². The molecule has 2 heterocycles. The second-order valence-corrected chi connectivity index (χ2v) is 6.73. The zero-order chi connectivity index (χ0) is 16.8. The normalized spacial score (nSPS) is 19.5. The zero-order valence-electron chi connectivity index (χ0n) is 13.9. The van der Waals surface area contributed by atoms with Gasteiger partial charge in [-0.05, 0) is 51.0 Å². The molecule has 4 nitrogen and oxygen atoms in total. The number of halogens is 1. The third kappa shape index (κ3) is 2.58.